The van der Waals surface area contributed by atoms with Crippen LogP contribution in [0.2, 0.25) is 0 Å². The van der Waals surface area contributed by atoms with Gasteiger partial charge >= 0.3 is 12.4 Å². The largest absolute Gasteiger partial charge is 0.573 e. The summed E-state index contributed by atoms with van der Waals surface area (Å²) in [5.74, 6) is -7.48. The average molecular weight is 674 g/mol. The Labute approximate surface area is 272 Å². The number of rotatable bonds is 7. The van der Waals surface area contributed by atoms with Crippen LogP contribution in [0.5, 0.6) is 11.5 Å². The number of Topliss-reactive ketones (excluding diaryl/α,β-unsaturated/α-hetero) is 2. The highest BCUT2D eigenvalue weighted by atomic mass is 19.4. The average Bonchev–Trinajstić information content (AvgIpc) is 2.96. The predicted molar refractivity (Wildman–Crippen MR) is 166 cm³/mol. The van der Waals surface area contributed by atoms with Crippen LogP contribution in [0, 0.1) is 17.8 Å². The second-order valence-electron chi connectivity index (χ2n) is 12.3. The molecule has 3 aliphatic carbocycles. The number of aromatic hydroxyl groups is 1. The van der Waals surface area contributed by atoms with Gasteiger partial charge in [0.15, 0.2) is 11.6 Å². The van der Waals surface area contributed by atoms with Gasteiger partial charge in [-0.15, -0.1) is 13.2 Å². The number of fused-ring (bicyclic) bond motifs is 3. The third-order valence-electron chi connectivity index (χ3n) is 8.89. The van der Waals surface area contributed by atoms with Gasteiger partial charge in [0.05, 0.1) is 17.5 Å². The van der Waals surface area contributed by atoms with Crippen LogP contribution in [0.25, 0.3) is 5.76 Å². The van der Waals surface area contributed by atoms with Gasteiger partial charge in [-0.05, 0) is 74.7 Å². The first kappa shape index (κ1) is 34.1. The molecule has 7 N–H and O–H groups in total. The van der Waals surface area contributed by atoms with E-state index in [1.807, 2.05) is 0 Å². The number of primary amides is 1. The summed E-state index contributed by atoms with van der Waals surface area (Å²) in [5, 5.41) is 38.9. The maximum Gasteiger partial charge on any atom is 0.573 e. The van der Waals surface area contributed by atoms with E-state index in [9.17, 15) is 47.7 Å². The summed E-state index contributed by atoms with van der Waals surface area (Å²) < 4.78 is 41.1. The number of nitrogens with zero attached hydrogens (tertiary/aromatic N) is 2. The molecule has 0 bridgehead atoms. The highest BCUT2D eigenvalue weighted by Gasteiger charge is 2.56. The standard InChI is InChI=1S/C32H34F3N5O8/c1-39(2)19-11-14(12-37-31(47)38-15-5-7-16(8-6-15)48-32(33,34)35)25(41)21-17(19)9-13-10-18-22(27(43)20(13)26(21)42)28(44)23(30(36)46)29(45)24(18)40(3)4/h5-8,11,13,18,22,24,41-42,45H,9-10,12H2,1-4H3,(H2,36,46)(H2,37,38,47)/t13?,18?,22?,24-/m1/s1. The number of halogens is 3. The minimum atomic E-state index is -4.87. The van der Waals surface area contributed by atoms with Crippen molar-refractivity contribution in [3.63, 3.8) is 0 Å². The summed E-state index contributed by atoms with van der Waals surface area (Å²) >= 11 is 0. The molecule has 48 heavy (non-hydrogen) atoms. The van der Waals surface area contributed by atoms with Crippen molar-refractivity contribution >= 4 is 40.6 Å². The van der Waals surface area contributed by atoms with Crippen molar-refractivity contribution in [2.24, 2.45) is 23.5 Å². The highest BCUT2D eigenvalue weighted by molar-refractivity contribution is 6.28. The number of aliphatic hydroxyl groups excluding tert-OH is 2. The van der Waals surface area contributed by atoms with Gasteiger partial charge in [0.1, 0.15) is 28.6 Å². The van der Waals surface area contributed by atoms with Crippen LogP contribution >= 0.6 is 0 Å². The Morgan fingerprint density at radius 3 is 2.25 bits per heavy atom. The van der Waals surface area contributed by atoms with E-state index < -0.39 is 82.3 Å². The first-order valence-corrected chi connectivity index (χ1v) is 14.8. The van der Waals surface area contributed by atoms with Gasteiger partial charge in [-0.1, -0.05) is 0 Å². The lowest BCUT2D eigenvalue weighted by atomic mass is 9.59. The first-order valence-electron chi connectivity index (χ1n) is 14.8. The van der Waals surface area contributed by atoms with Crippen LogP contribution < -0.4 is 26.0 Å². The topological polar surface area (TPSA) is 195 Å². The number of nitrogens with two attached hydrogens (primary N) is 1. The molecule has 0 aromatic heterocycles. The van der Waals surface area contributed by atoms with E-state index in [0.717, 1.165) is 12.1 Å². The number of phenols is 1. The molecule has 256 valence electrons. The number of alkyl halides is 3. The van der Waals surface area contributed by atoms with Crippen molar-refractivity contribution in [3.05, 3.63) is 63.9 Å². The number of phenolic OH excluding ortho intramolecular Hbond substituents is 1. The number of likely N-dealkylation sites (N-methyl/N-ethyl adjacent to an activating group) is 1. The molecule has 5 rings (SSSR count). The number of hydrogen-bond acceptors (Lipinski definition) is 10. The van der Waals surface area contributed by atoms with Gasteiger partial charge in [-0.25, -0.2) is 4.79 Å². The Kier molecular flexibility index (Phi) is 8.81. The number of amides is 3. The zero-order valence-electron chi connectivity index (χ0n) is 26.3. The maximum absolute atomic E-state index is 14.0. The third-order valence-corrected chi connectivity index (χ3v) is 8.89. The molecule has 3 aliphatic rings. The molecule has 13 nitrogen and oxygen atoms in total. The number of benzene rings is 2. The van der Waals surface area contributed by atoms with Crippen LogP contribution in [0.1, 0.15) is 23.1 Å². The van der Waals surface area contributed by atoms with Crippen LogP contribution in [-0.4, -0.2) is 84.3 Å². The SMILES string of the molecule is CN(C)c1cc(CNC(=O)Nc2ccc(OC(F)(F)F)cc2)c(O)c2c1CC1CC3C(C(=O)C(C(N)=O)=C(O)[C@@H]3N(C)C)C(=O)C1=C2O. The van der Waals surface area contributed by atoms with Crippen molar-refractivity contribution < 1.29 is 52.4 Å². The Hall–Kier alpha value is -5.25. The van der Waals surface area contributed by atoms with Crippen molar-refractivity contribution in [2.75, 3.05) is 38.4 Å². The molecule has 3 unspecified atom stereocenters. The van der Waals surface area contributed by atoms with Crippen molar-refractivity contribution in [2.45, 2.75) is 31.8 Å². The van der Waals surface area contributed by atoms with Crippen LogP contribution in [0.3, 0.4) is 0 Å². The van der Waals surface area contributed by atoms with Crippen LogP contribution in [-0.2, 0) is 27.3 Å². The Balaban J connectivity index is 1.45. The van der Waals surface area contributed by atoms with Crippen molar-refractivity contribution in [1.29, 1.82) is 0 Å². The van der Waals surface area contributed by atoms with Gasteiger partial charge in [0.25, 0.3) is 5.91 Å². The smallest absolute Gasteiger partial charge is 0.510 e. The van der Waals surface area contributed by atoms with E-state index in [4.69, 9.17) is 5.73 Å². The lowest BCUT2D eigenvalue weighted by Crippen LogP contribution is -2.55. The molecular weight excluding hydrogens is 639 g/mol. The van der Waals surface area contributed by atoms with Crippen LogP contribution in [0.4, 0.5) is 29.3 Å². The molecule has 2 aromatic rings. The molecule has 0 aliphatic heterocycles. The number of aliphatic hydroxyl groups is 2. The summed E-state index contributed by atoms with van der Waals surface area (Å²) in [5.41, 5.74) is 6.04. The number of urea groups is 1. The lowest BCUT2D eigenvalue weighted by molar-refractivity contribution is -0.274. The number of ether oxygens (including phenoxy) is 1. The molecule has 4 atom stereocenters. The van der Waals surface area contributed by atoms with Gasteiger partial charge in [-0.2, -0.15) is 0 Å². The minimum Gasteiger partial charge on any atom is -0.510 e. The zero-order valence-corrected chi connectivity index (χ0v) is 26.3. The predicted octanol–water partition coefficient (Wildman–Crippen LogP) is 3.14. The van der Waals surface area contributed by atoms with E-state index in [0.29, 0.717) is 11.3 Å². The Morgan fingerprint density at radius 2 is 1.69 bits per heavy atom. The Morgan fingerprint density at radius 1 is 1.04 bits per heavy atom. The second kappa shape index (κ2) is 12.4. The molecule has 0 heterocycles. The number of allylic oxidation sites excluding steroid dienone is 1. The minimum absolute atomic E-state index is 0.0438. The van der Waals surface area contributed by atoms with E-state index in [2.05, 4.69) is 15.4 Å². The summed E-state index contributed by atoms with van der Waals surface area (Å²) in [6, 6.07) is 4.45. The first-order chi connectivity index (χ1) is 22.4. The molecule has 0 saturated heterocycles. The quantitative estimate of drug-likeness (QED) is 0.188. The molecular formula is C32H34F3N5O8. The molecule has 0 spiro atoms. The Bertz CT molecular complexity index is 1770. The number of hydrogen-bond donors (Lipinski definition) is 6. The fraction of sp³-hybridized carbons (Fsp3) is 0.375. The number of carbonyl (C=O) groups is 4. The van der Waals surface area contributed by atoms with E-state index >= 15 is 0 Å². The molecule has 16 heteroatoms. The zero-order chi connectivity index (χ0) is 35.4. The van der Waals surface area contributed by atoms with Gasteiger partial charge in [0, 0.05) is 43.2 Å². The second-order valence-corrected chi connectivity index (χ2v) is 12.3. The van der Waals surface area contributed by atoms with Gasteiger partial charge in [-0.3, -0.25) is 19.3 Å². The molecule has 1 saturated carbocycles. The summed E-state index contributed by atoms with van der Waals surface area (Å²) in [6.07, 6.45) is -4.49. The fourth-order valence-corrected chi connectivity index (χ4v) is 6.99. The molecule has 2 aromatic carbocycles. The summed E-state index contributed by atoms with van der Waals surface area (Å²) in [7, 11) is 6.74. The number of anilines is 2. The summed E-state index contributed by atoms with van der Waals surface area (Å²) in [6.45, 7) is -0.263. The lowest BCUT2D eigenvalue weighted by Gasteiger charge is -2.46. The van der Waals surface area contributed by atoms with E-state index in [1.165, 1.54) is 12.1 Å². The van der Waals surface area contributed by atoms with Gasteiger partial charge < -0.3 is 41.3 Å². The molecule has 1 fully saturated rings. The maximum atomic E-state index is 14.0. The summed E-state index contributed by atoms with van der Waals surface area (Å²) in [4.78, 5) is 55.6. The van der Waals surface area contributed by atoms with Crippen molar-refractivity contribution in [1.82, 2.24) is 10.2 Å². The fourth-order valence-electron chi connectivity index (χ4n) is 6.99. The number of ketones is 2. The van der Waals surface area contributed by atoms with Gasteiger partial charge in [0.2, 0.25) is 0 Å². The van der Waals surface area contributed by atoms with Crippen molar-refractivity contribution in [3.8, 4) is 11.5 Å². The van der Waals surface area contributed by atoms with Crippen LogP contribution in [0.15, 0.2) is 47.2 Å². The van der Waals surface area contributed by atoms with E-state index in [-0.39, 0.29) is 41.8 Å². The third kappa shape index (κ3) is 6.10. The highest BCUT2D eigenvalue weighted by Crippen LogP contribution is 2.52. The van der Waals surface area contributed by atoms with E-state index in [1.54, 1.807) is 44.1 Å². The normalized spacial score (nSPS) is 22.2. The molecule has 0 radical (unpaired) electrons. The monoisotopic (exact) mass is 673 g/mol. The number of nitrogens with one attached hydrogen (secondary N) is 2. The number of carbonyl (C=O) groups excluding carboxylic acids is 4. The molecule has 3 amide bonds.